The fourth-order valence-electron chi connectivity index (χ4n) is 4.85. The number of methoxy groups -OCH3 is 2. The Hall–Kier alpha value is -3.06. The Labute approximate surface area is 211 Å². The average Bonchev–Trinajstić information content (AvgIpc) is 3.14. The molecule has 1 saturated heterocycles. The monoisotopic (exact) mass is 488 g/mol. The zero-order valence-electron chi connectivity index (χ0n) is 20.3. The van der Waals surface area contributed by atoms with Gasteiger partial charge in [-0.15, -0.1) is 11.3 Å². The van der Waals surface area contributed by atoms with Crippen LogP contribution >= 0.6 is 11.3 Å². The SMILES string of the molecule is COc1cc(C(c2csc3ccccc23)N2CCCNCC2)cc(OC)c1OCc1ccccc1. The van der Waals surface area contributed by atoms with Gasteiger partial charge in [0.05, 0.1) is 20.3 Å². The fraction of sp³-hybridized carbons (Fsp3) is 0.310. The van der Waals surface area contributed by atoms with Crippen LogP contribution < -0.4 is 19.5 Å². The first kappa shape index (κ1) is 23.7. The van der Waals surface area contributed by atoms with E-state index in [0.717, 1.165) is 43.7 Å². The fourth-order valence-corrected chi connectivity index (χ4v) is 5.83. The van der Waals surface area contributed by atoms with E-state index in [1.165, 1.54) is 15.6 Å². The van der Waals surface area contributed by atoms with Crippen molar-refractivity contribution in [1.82, 2.24) is 10.2 Å². The van der Waals surface area contributed by atoms with Gasteiger partial charge in [-0.05, 0) is 58.6 Å². The zero-order chi connectivity index (χ0) is 24.0. The number of fused-ring (bicyclic) bond motifs is 1. The number of rotatable bonds is 8. The molecule has 0 spiro atoms. The molecule has 1 aromatic heterocycles. The molecule has 1 N–H and O–H groups in total. The topological polar surface area (TPSA) is 43.0 Å². The van der Waals surface area contributed by atoms with E-state index in [4.69, 9.17) is 14.2 Å². The van der Waals surface area contributed by atoms with Gasteiger partial charge in [-0.2, -0.15) is 0 Å². The Balaban J connectivity index is 1.57. The molecular formula is C29H32N2O3S. The van der Waals surface area contributed by atoms with Crippen LogP contribution in [0.1, 0.15) is 29.2 Å². The normalized spacial score (nSPS) is 15.5. The predicted octanol–water partition coefficient (Wildman–Crippen LogP) is 5.88. The Morgan fingerprint density at radius 1 is 0.914 bits per heavy atom. The lowest BCUT2D eigenvalue weighted by Crippen LogP contribution is -2.33. The van der Waals surface area contributed by atoms with Gasteiger partial charge < -0.3 is 19.5 Å². The lowest BCUT2D eigenvalue weighted by Gasteiger charge is -2.32. The van der Waals surface area contributed by atoms with E-state index in [9.17, 15) is 0 Å². The van der Waals surface area contributed by atoms with Crippen molar-refractivity contribution in [3.8, 4) is 17.2 Å². The smallest absolute Gasteiger partial charge is 0.203 e. The Morgan fingerprint density at radius 3 is 2.43 bits per heavy atom. The van der Waals surface area contributed by atoms with E-state index in [0.29, 0.717) is 23.9 Å². The minimum absolute atomic E-state index is 0.0945. The summed E-state index contributed by atoms with van der Waals surface area (Å²) in [5.74, 6) is 2.01. The summed E-state index contributed by atoms with van der Waals surface area (Å²) in [5, 5.41) is 7.16. The van der Waals surface area contributed by atoms with Gasteiger partial charge in [0.15, 0.2) is 11.5 Å². The lowest BCUT2D eigenvalue weighted by molar-refractivity contribution is 0.239. The van der Waals surface area contributed by atoms with Crippen molar-refractivity contribution >= 4 is 21.4 Å². The minimum Gasteiger partial charge on any atom is -0.493 e. The summed E-state index contributed by atoms with van der Waals surface area (Å²) in [6, 6.07) is 23.2. The number of thiophene rings is 1. The quantitative estimate of drug-likeness (QED) is 0.335. The lowest BCUT2D eigenvalue weighted by atomic mass is 9.95. The van der Waals surface area contributed by atoms with Crippen LogP contribution in [0.15, 0.2) is 72.1 Å². The van der Waals surface area contributed by atoms with Crippen LogP contribution in [0, 0.1) is 0 Å². The van der Waals surface area contributed by atoms with Crippen molar-refractivity contribution < 1.29 is 14.2 Å². The van der Waals surface area contributed by atoms with Gasteiger partial charge in [-0.3, -0.25) is 4.90 Å². The molecule has 1 fully saturated rings. The molecule has 0 amide bonds. The highest BCUT2D eigenvalue weighted by Crippen LogP contribution is 2.44. The van der Waals surface area contributed by atoms with Crippen LogP contribution in [0.25, 0.3) is 10.1 Å². The van der Waals surface area contributed by atoms with Gasteiger partial charge in [-0.1, -0.05) is 48.5 Å². The molecule has 2 heterocycles. The Morgan fingerprint density at radius 2 is 1.66 bits per heavy atom. The van der Waals surface area contributed by atoms with Gasteiger partial charge in [0, 0.05) is 24.3 Å². The first-order valence-corrected chi connectivity index (χ1v) is 13.0. The molecule has 1 aliphatic rings. The molecule has 0 saturated carbocycles. The highest BCUT2D eigenvalue weighted by molar-refractivity contribution is 7.17. The van der Waals surface area contributed by atoms with Crippen molar-refractivity contribution in [3.05, 3.63) is 88.8 Å². The van der Waals surface area contributed by atoms with Crippen LogP contribution in [0.3, 0.4) is 0 Å². The molecule has 0 bridgehead atoms. The van der Waals surface area contributed by atoms with Crippen LogP contribution in [0.5, 0.6) is 17.2 Å². The molecule has 5 rings (SSSR count). The third-order valence-corrected chi connectivity index (χ3v) is 7.55. The van der Waals surface area contributed by atoms with E-state index in [-0.39, 0.29) is 6.04 Å². The number of benzene rings is 3. The maximum atomic E-state index is 6.23. The van der Waals surface area contributed by atoms with Gasteiger partial charge in [0.2, 0.25) is 5.75 Å². The predicted molar refractivity (Wildman–Crippen MR) is 143 cm³/mol. The average molecular weight is 489 g/mol. The highest BCUT2D eigenvalue weighted by Gasteiger charge is 2.28. The zero-order valence-corrected chi connectivity index (χ0v) is 21.1. The van der Waals surface area contributed by atoms with E-state index in [2.05, 4.69) is 64.1 Å². The Kier molecular flexibility index (Phi) is 7.52. The maximum absolute atomic E-state index is 6.23. The number of hydrogen-bond acceptors (Lipinski definition) is 6. The largest absolute Gasteiger partial charge is 0.493 e. The number of ether oxygens (including phenoxy) is 3. The molecule has 0 radical (unpaired) electrons. The first-order valence-electron chi connectivity index (χ1n) is 12.1. The van der Waals surface area contributed by atoms with Crippen LogP contribution in [-0.2, 0) is 6.61 Å². The second kappa shape index (κ2) is 11.1. The summed E-state index contributed by atoms with van der Waals surface area (Å²) in [4.78, 5) is 2.58. The molecule has 182 valence electrons. The molecule has 4 aromatic rings. The van der Waals surface area contributed by atoms with E-state index in [1.54, 1.807) is 25.6 Å². The van der Waals surface area contributed by atoms with Gasteiger partial charge in [0.25, 0.3) is 0 Å². The van der Waals surface area contributed by atoms with E-state index in [1.807, 2.05) is 18.2 Å². The van der Waals surface area contributed by atoms with Crippen molar-refractivity contribution in [2.24, 2.45) is 0 Å². The molecule has 1 atom stereocenters. The summed E-state index contributed by atoms with van der Waals surface area (Å²) in [6.07, 6.45) is 1.12. The molecule has 35 heavy (non-hydrogen) atoms. The van der Waals surface area contributed by atoms with E-state index >= 15 is 0 Å². The number of nitrogens with one attached hydrogen (secondary N) is 1. The van der Waals surface area contributed by atoms with Gasteiger partial charge >= 0.3 is 0 Å². The van der Waals surface area contributed by atoms with Crippen molar-refractivity contribution in [1.29, 1.82) is 0 Å². The van der Waals surface area contributed by atoms with Crippen molar-refractivity contribution in [3.63, 3.8) is 0 Å². The van der Waals surface area contributed by atoms with Crippen LogP contribution in [0.2, 0.25) is 0 Å². The van der Waals surface area contributed by atoms with Crippen LogP contribution in [-0.4, -0.2) is 45.3 Å². The summed E-state index contributed by atoms with van der Waals surface area (Å²) in [5.41, 5.74) is 3.58. The summed E-state index contributed by atoms with van der Waals surface area (Å²) < 4.78 is 19.2. The number of hydrogen-bond donors (Lipinski definition) is 1. The Bertz CT molecular complexity index is 1220. The highest BCUT2D eigenvalue weighted by atomic mass is 32.1. The van der Waals surface area contributed by atoms with Gasteiger partial charge in [0.1, 0.15) is 6.61 Å². The standard InChI is InChI=1S/C29H32N2O3S/c1-32-25-17-22(18-26(33-2)29(25)34-19-21-9-4-3-5-10-21)28(31-15-8-13-30-14-16-31)24-20-35-27-12-7-6-11-23(24)27/h3-7,9-12,17-18,20,28,30H,8,13-16,19H2,1-2H3. The van der Waals surface area contributed by atoms with E-state index < -0.39 is 0 Å². The molecule has 3 aromatic carbocycles. The summed E-state index contributed by atoms with van der Waals surface area (Å²) in [6.45, 7) is 4.48. The summed E-state index contributed by atoms with van der Waals surface area (Å²) >= 11 is 1.81. The maximum Gasteiger partial charge on any atom is 0.203 e. The molecular weight excluding hydrogens is 456 g/mol. The summed E-state index contributed by atoms with van der Waals surface area (Å²) in [7, 11) is 3.39. The second-order valence-corrected chi connectivity index (χ2v) is 9.67. The van der Waals surface area contributed by atoms with Crippen molar-refractivity contribution in [2.45, 2.75) is 19.1 Å². The number of nitrogens with zero attached hydrogens (tertiary/aromatic N) is 1. The molecule has 1 unspecified atom stereocenters. The van der Waals surface area contributed by atoms with Crippen molar-refractivity contribution in [2.75, 3.05) is 40.4 Å². The molecule has 1 aliphatic heterocycles. The third-order valence-electron chi connectivity index (χ3n) is 6.57. The minimum atomic E-state index is 0.0945. The molecule has 0 aliphatic carbocycles. The molecule has 5 nitrogen and oxygen atoms in total. The molecule has 6 heteroatoms. The van der Waals surface area contributed by atoms with Gasteiger partial charge in [-0.25, -0.2) is 0 Å². The second-order valence-electron chi connectivity index (χ2n) is 8.76. The third kappa shape index (κ3) is 5.15. The first-order chi connectivity index (χ1) is 17.3. The van der Waals surface area contributed by atoms with Crippen LogP contribution in [0.4, 0.5) is 0 Å².